The van der Waals surface area contributed by atoms with E-state index in [9.17, 15) is 9.90 Å². The molecule has 0 saturated heterocycles. The molecule has 0 amide bonds. The minimum Gasteiger partial charge on any atom is -0.506 e. The molecule has 3 rings (SSSR count). The quantitative estimate of drug-likeness (QED) is 0.651. The molecule has 1 aliphatic carbocycles. The number of aliphatic imine (C=N–C) groups is 1. The van der Waals surface area contributed by atoms with Gasteiger partial charge in [-0.05, 0) is 37.8 Å². The fourth-order valence-corrected chi connectivity index (χ4v) is 3.66. The Balaban J connectivity index is 2.13. The Morgan fingerprint density at radius 1 is 1.32 bits per heavy atom. The summed E-state index contributed by atoms with van der Waals surface area (Å²) in [6.45, 7) is 6.26. The van der Waals surface area contributed by atoms with Gasteiger partial charge in [-0.3, -0.25) is 9.79 Å². The van der Waals surface area contributed by atoms with Crippen LogP contribution in [0.15, 0.2) is 40.6 Å². The lowest BCUT2D eigenvalue weighted by Crippen LogP contribution is -2.25. The summed E-state index contributed by atoms with van der Waals surface area (Å²) in [5.41, 5.74) is 1.89. The maximum atomic E-state index is 13.0. The Bertz CT molecular complexity index is 858. The van der Waals surface area contributed by atoms with Gasteiger partial charge in [0.2, 0.25) is 0 Å². The average Bonchev–Trinajstić information content (AvgIpc) is 2.63. The van der Waals surface area contributed by atoms with E-state index in [1.807, 2.05) is 25.1 Å². The van der Waals surface area contributed by atoms with Crippen molar-refractivity contribution in [3.05, 3.63) is 52.3 Å². The number of hydrogen-bond acceptors (Lipinski definition) is 3. The van der Waals surface area contributed by atoms with Crippen LogP contribution in [-0.4, -0.2) is 21.9 Å². The molecule has 1 aromatic carbocycles. The molecule has 2 aromatic rings. The second kappa shape index (κ2) is 7.68. The minimum absolute atomic E-state index is 0.0399. The topological polar surface area (TPSA) is 54.6 Å². The van der Waals surface area contributed by atoms with Crippen molar-refractivity contribution < 1.29 is 5.11 Å². The summed E-state index contributed by atoms with van der Waals surface area (Å²) in [6.07, 6.45) is 9.87. The van der Waals surface area contributed by atoms with Gasteiger partial charge in [0, 0.05) is 24.2 Å². The number of fused-ring (bicyclic) bond motifs is 1. The van der Waals surface area contributed by atoms with Crippen molar-refractivity contribution in [2.24, 2.45) is 4.99 Å². The molecule has 0 atom stereocenters. The molecule has 1 aliphatic rings. The number of allylic oxidation sites excluding steroid dienone is 1. The average molecular weight is 338 g/mol. The Morgan fingerprint density at radius 2 is 2.08 bits per heavy atom. The van der Waals surface area contributed by atoms with Crippen molar-refractivity contribution in [1.82, 2.24) is 4.57 Å². The Labute approximate surface area is 148 Å². The predicted octanol–water partition coefficient (Wildman–Crippen LogP) is 4.34. The smallest absolute Gasteiger partial charge is 0.263 e. The first-order valence-electron chi connectivity index (χ1n) is 9.12. The van der Waals surface area contributed by atoms with Gasteiger partial charge in [-0.25, -0.2) is 0 Å². The first kappa shape index (κ1) is 17.5. The second-order valence-electron chi connectivity index (χ2n) is 6.84. The van der Waals surface area contributed by atoms with E-state index in [0.717, 1.165) is 23.9 Å². The van der Waals surface area contributed by atoms with Gasteiger partial charge in [0.15, 0.2) is 0 Å². The number of hydrogen-bond donors (Lipinski definition) is 1. The van der Waals surface area contributed by atoms with Crippen LogP contribution in [0.5, 0.6) is 5.75 Å². The Hall–Kier alpha value is -2.36. The van der Waals surface area contributed by atoms with E-state index in [4.69, 9.17) is 0 Å². The maximum Gasteiger partial charge on any atom is 0.263 e. The largest absolute Gasteiger partial charge is 0.506 e. The molecule has 1 heterocycles. The second-order valence-corrected chi connectivity index (χ2v) is 6.84. The van der Waals surface area contributed by atoms with Crippen LogP contribution in [0.3, 0.4) is 0 Å². The van der Waals surface area contributed by atoms with Gasteiger partial charge in [0.05, 0.1) is 5.52 Å². The number of pyridine rings is 1. The van der Waals surface area contributed by atoms with Crippen molar-refractivity contribution >= 4 is 17.1 Å². The highest BCUT2D eigenvalue weighted by Gasteiger charge is 2.17. The number of aromatic hydroxyl groups is 1. The number of aromatic nitrogens is 1. The van der Waals surface area contributed by atoms with Crippen molar-refractivity contribution in [2.75, 3.05) is 0 Å². The third-order valence-electron chi connectivity index (χ3n) is 5.04. The Kier molecular flexibility index (Phi) is 5.37. The zero-order valence-electron chi connectivity index (χ0n) is 14.9. The third kappa shape index (κ3) is 3.53. The molecule has 4 heteroatoms. The summed E-state index contributed by atoms with van der Waals surface area (Å²) < 4.78 is 1.74. The molecular formula is C21H26N2O2. The summed E-state index contributed by atoms with van der Waals surface area (Å²) in [5.74, 6) is 0.0399. The standard InChI is InChI=1S/C21H26N2O2/c1-3-4-13-23-19-15(2)9-8-12-17(19)20(24)18(21(23)25)14-22-16-10-6-5-7-11-16/h3,8-9,12,14,16,24H,1,4-7,10-11,13H2,2H3. The lowest BCUT2D eigenvalue weighted by Gasteiger charge is -2.18. The van der Waals surface area contributed by atoms with Gasteiger partial charge in [-0.2, -0.15) is 0 Å². The van der Waals surface area contributed by atoms with E-state index < -0.39 is 0 Å². The van der Waals surface area contributed by atoms with Gasteiger partial charge in [-0.15, -0.1) is 6.58 Å². The number of para-hydroxylation sites is 1. The minimum atomic E-state index is -0.180. The van der Waals surface area contributed by atoms with E-state index in [0.29, 0.717) is 23.9 Å². The van der Waals surface area contributed by atoms with Crippen LogP contribution in [-0.2, 0) is 6.54 Å². The zero-order chi connectivity index (χ0) is 17.8. The van der Waals surface area contributed by atoms with Crippen LogP contribution in [0.25, 0.3) is 10.9 Å². The number of nitrogens with zero attached hydrogens (tertiary/aromatic N) is 2. The van der Waals surface area contributed by atoms with Crippen molar-refractivity contribution in [2.45, 2.75) is 58.0 Å². The molecular weight excluding hydrogens is 312 g/mol. The molecule has 132 valence electrons. The lowest BCUT2D eigenvalue weighted by molar-refractivity contribution is 0.444. The van der Waals surface area contributed by atoms with Gasteiger partial charge in [-0.1, -0.05) is 37.5 Å². The molecule has 0 bridgehead atoms. The molecule has 0 aliphatic heterocycles. The number of rotatable bonds is 5. The fourth-order valence-electron chi connectivity index (χ4n) is 3.66. The lowest BCUT2D eigenvalue weighted by atomic mass is 9.96. The summed E-state index contributed by atoms with van der Waals surface area (Å²) in [5, 5.41) is 11.4. The van der Waals surface area contributed by atoms with Gasteiger partial charge >= 0.3 is 0 Å². The van der Waals surface area contributed by atoms with E-state index in [1.54, 1.807) is 16.9 Å². The highest BCUT2D eigenvalue weighted by Crippen LogP contribution is 2.28. The van der Waals surface area contributed by atoms with Crippen LogP contribution in [0, 0.1) is 6.92 Å². The summed E-state index contributed by atoms with van der Waals surface area (Å²) in [7, 11) is 0. The molecule has 1 saturated carbocycles. The van der Waals surface area contributed by atoms with Crippen LogP contribution in [0.1, 0.15) is 49.7 Å². The van der Waals surface area contributed by atoms with E-state index in [1.165, 1.54) is 19.3 Å². The number of aryl methyl sites for hydroxylation is 2. The fraction of sp³-hybridized carbons (Fsp3) is 0.429. The van der Waals surface area contributed by atoms with Gasteiger partial charge in [0.25, 0.3) is 5.56 Å². The van der Waals surface area contributed by atoms with E-state index in [-0.39, 0.29) is 17.4 Å². The van der Waals surface area contributed by atoms with Crippen molar-refractivity contribution in [3.8, 4) is 5.75 Å². The maximum absolute atomic E-state index is 13.0. The summed E-state index contributed by atoms with van der Waals surface area (Å²) in [4.78, 5) is 17.6. The molecule has 25 heavy (non-hydrogen) atoms. The Morgan fingerprint density at radius 3 is 2.80 bits per heavy atom. The molecule has 1 N–H and O–H groups in total. The van der Waals surface area contributed by atoms with E-state index in [2.05, 4.69) is 11.6 Å². The van der Waals surface area contributed by atoms with Gasteiger partial charge < -0.3 is 9.67 Å². The first-order valence-corrected chi connectivity index (χ1v) is 9.12. The van der Waals surface area contributed by atoms with Crippen molar-refractivity contribution in [3.63, 3.8) is 0 Å². The molecule has 4 nitrogen and oxygen atoms in total. The van der Waals surface area contributed by atoms with Crippen LogP contribution in [0.2, 0.25) is 0 Å². The highest BCUT2D eigenvalue weighted by atomic mass is 16.3. The van der Waals surface area contributed by atoms with Crippen LogP contribution < -0.4 is 5.56 Å². The molecule has 0 spiro atoms. The van der Waals surface area contributed by atoms with Crippen LogP contribution >= 0.6 is 0 Å². The summed E-state index contributed by atoms with van der Waals surface area (Å²) in [6, 6.07) is 5.99. The van der Waals surface area contributed by atoms with Crippen LogP contribution in [0.4, 0.5) is 0 Å². The highest BCUT2D eigenvalue weighted by molar-refractivity contribution is 5.96. The van der Waals surface area contributed by atoms with Gasteiger partial charge in [0.1, 0.15) is 11.3 Å². The molecule has 1 fully saturated rings. The van der Waals surface area contributed by atoms with Crippen molar-refractivity contribution in [1.29, 1.82) is 0 Å². The molecule has 1 aromatic heterocycles. The third-order valence-corrected chi connectivity index (χ3v) is 5.04. The first-order chi connectivity index (χ1) is 12.1. The molecule has 0 radical (unpaired) electrons. The van der Waals surface area contributed by atoms with E-state index >= 15 is 0 Å². The summed E-state index contributed by atoms with van der Waals surface area (Å²) >= 11 is 0. The normalized spacial score (nSPS) is 15.9. The zero-order valence-corrected chi connectivity index (χ0v) is 14.9. The SMILES string of the molecule is C=CCCn1c(=O)c(C=NC2CCCCC2)c(O)c2cccc(C)c21. The number of benzene rings is 1. The predicted molar refractivity (Wildman–Crippen MR) is 104 cm³/mol. The molecule has 0 unspecified atom stereocenters. The monoisotopic (exact) mass is 338 g/mol.